The number of carbonyl (C=O) groups is 1. The number of nitrogens with zero attached hydrogens (tertiary/aromatic N) is 5. The van der Waals surface area contributed by atoms with Gasteiger partial charge in [0.25, 0.3) is 11.5 Å². The summed E-state index contributed by atoms with van der Waals surface area (Å²) in [5, 5.41) is 0.131. The molecule has 0 unspecified atom stereocenters. The first-order valence-corrected chi connectivity index (χ1v) is 11.3. The van der Waals surface area contributed by atoms with E-state index in [9.17, 15) is 18.8 Å². The third kappa shape index (κ3) is 4.40. The normalized spacial score (nSPS) is 13.9. The zero-order chi connectivity index (χ0) is 24.5. The van der Waals surface area contributed by atoms with Gasteiger partial charge in [-0.3, -0.25) is 19.1 Å². The van der Waals surface area contributed by atoms with Crippen molar-refractivity contribution in [2.45, 2.75) is 6.54 Å². The highest BCUT2D eigenvalue weighted by Gasteiger charge is 2.24. The molecule has 0 atom stereocenters. The molecule has 0 spiro atoms. The summed E-state index contributed by atoms with van der Waals surface area (Å²) in [6.07, 6.45) is 3.36. The van der Waals surface area contributed by atoms with Crippen molar-refractivity contribution in [3.8, 4) is 0 Å². The Balaban J connectivity index is 1.40. The number of benzene rings is 2. The number of aromatic amines is 1. The number of carbonyl (C=O) groups excluding carboxylic acids is 1. The summed E-state index contributed by atoms with van der Waals surface area (Å²) in [6, 6.07) is 10.7. The van der Waals surface area contributed by atoms with Crippen molar-refractivity contribution in [3.05, 3.63) is 97.7 Å². The van der Waals surface area contributed by atoms with Crippen LogP contribution >= 0.6 is 11.6 Å². The number of anilines is 1. The van der Waals surface area contributed by atoms with Gasteiger partial charge in [-0.2, -0.15) is 0 Å². The molecule has 1 saturated heterocycles. The zero-order valence-electron chi connectivity index (χ0n) is 18.4. The first kappa shape index (κ1) is 22.7. The number of amides is 1. The van der Waals surface area contributed by atoms with Crippen LogP contribution in [-0.4, -0.2) is 56.5 Å². The molecule has 0 radical (unpaired) electrons. The van der Waals surface area contributed by atoms with Crippen molar-refractivity contribution in [3.63, 3.8) is 0 Å². The lowest BCUT2D eigenvalue weighted by Crippen LogP contribution is -2.49. The van der Waals surface area contributed by atoms with E-state index in [0.717, 1.165) is 6.07 Å². The number of H-pyrrole nitrogens is 1. The Hall–Kier alpha value is -4.05. The van der Waals surface area contributed by atoms with Gasteiger partial charge in [-0.1, -0.05) is 17.7 Å². The average molecular weight is 495 g/mol. The Kier molecular flexibility index (Phi) is 6.04. The Morgan fingerprint density at radius 1 is 1.03 bits per heavy atom. The van der Waals surface area contributed by atoms with Gasteiger partial charge in [-0.05, 0) is 42.0 Å². The number of piperazine rings is 1. The first-order valence-electron chi connectivity index (χ1n) is 10.9. The van der Waals surface area contributed by atoms with Crippen molar-refractivity contribution in [2.75, 3.05) is 31.1 Å². The van der Waals surface area contributed by atoms with Crippen molar-refractivity contribution >= 4 is 34.4 Å². The van der Waals surface area contributed by atoms with Gasteiger partial charge in [0.05, 0.1) is 17.4 Å². The summed E-state index contributed by atoms with van der Waals surface area (Å²) in [5.74, 6) is -0.266. The molecule has 2 aromatic carbocycles. The van der Waals surface area contributed by atoms with E-state index in [0.29, 0.717) is 48.3 Å². The molecule has 35 heavy (non-hydrogen) atoms. The van der Waals surface area contributed by atoms with Gasteiger partial charge in [0, 0.05) is 49.2 Å². The minimum absolute atomic E-state index is 0.0470. The molecule has 2 aromatic heterocycles. The van der Waals surface area contributed by atoms with Crippen LogP contribution in [0.4, 0.5) is 10.3 Å². The van der Waals surface area contributed by atoms with Crippen molar-refractivity contribution in [1.82, 2.24) is 24.4 Å². The number of fused-ring (bicyclic) bond motifs is 1. The summed E-state index contributed by atoms with van der Waals surface area (Å²) in [5.41, 5.74) is -0.435. The number of hydrogen-bond donors (Lipinski definition) is 1. The van der Waals surface area contributed by atoms with Crippen LogP contribution in [0.2, 0.25) is 5.02 Å². The standard InChI is InChI=1S/C24H20ClFN6O3/c25-17-6-5-15(22(34)30-9-11-31(12-10-30)23-27-7-2-8-28-23)13-16(17)14-32-19-4-1-3-18(26)20(19)21(33)29-24(32)35/h1-8,13H,9-12,14H2,(H,29,33,35). The van der Waals surface area contributed by atoms with Crippen LogP contribution in [0.3, 0.4) is 0 Å². The van der Waals surface area contributed by atoms with Crippen molar-refractivity contribution in [2.24, 2.45) is 0 Å². The van der Waals surface area contributed by atoms with Crippen LogP contribution in [0.1, 0.15) is 15.9 Å². The lowest BCUT2D eigenvalue weighted by molar-refractivity contribution is 0.0746. The van der Waals surface area contributed by atoms with Gasteiger partial charge < -0.3 is 9.80 Å². The number of halogens is 2. The molecule has 1 fully saturated rings. The summed E-state index contributed by atoms with van der Waals surface area (Å²) in [6.45, 7) is 2.15. The zero-order valence-corrected chi connectivity index (χ0v) is 19.2. The van der Waals surface area contributed by atoms with E-state index in [-0.39, 0.29) is 23.4 Å². The van der Waals surface area contributed by atoms with E-state index in [1.54, 1.807) is 41.6 Å². The maximum absolute atomic E-state index is 14.3. The molecule has 5 rings (SSSR count). The van der Waals surface area contributed by atoms with Gasteiger partial charge in [0.2, 0.25) is 5.95 Å². The third-order valence-electron chi connectivity index (χ3n) is 6.00. The second kappa shape index (κ2) is 9.30. The number of hydrogen-bond acceptors (Lipinski definition) is 6. The summed E-state index contributed by atoms with van der Waals surface area (Å²) < 4.78 is 15.5. The van der Waals surface area contributed by atoms with Crippen LogP contribution < -0.4 is 16.1 Å². The summed E-state index contributed by atoms with van der Waals surface area (Å²) in [7, 11) is 0. The molecule has 0 saturated carbocycles. The lowest BCUT2D eigenvalue weighted by atomic mass is 10.1. The Morgan fingerprint density at radius 3 is 2.51 bits per heavy atom. The third-order valence-corrected chi connectivity index (χ3v) is 6.37. The van der Waals surface area contributed by atoms with Gasteiger partial charge in [0.15, 0.2) is 0 Å². The fourth-order valence-electron chi connectivity index (χ4n) is 4.20. The molecule has 1 amide bonds. The molecule has 9 nitrogen and oxygen atoms in total. The molecule has 3 heterocycles. The van der Waals surface area contributed by atoms with E-state index in [4.69, 9.17) is 11.6 Å². The fraction of sp³-hybridized carbons (Fsp3) is 0.208. The molecular weight excluding hydrogens is 475 g/mol. The summed E-state index contributed by atoms with van der Waals surface area (Å²) >= 11 is 6.38. The number of nitrogens with one attached hydrogen (secondary N) is 1. The van der Waals surface area contributed by atoms with Crippen molar-refractivity contribution in [1.29, 1.82) is 0 Å². The maximum atomic E-state index is 14.3. The molecule has 0 aliphatic carbocycles. The van der Waals surface area contributed by atoms with E-state index in [2.05, 4.69) is 15.0 Å². The van der Waals surface area contributed by atoms with Crippen molar-refractivity contribution < 1.29 is 9.18 Å². The molecule has 178 valence electrons. The SMILES string of the molecule is O=C(c1ccc(Cl)c(Cn2c(=O)[nH]c(=O)c3c(F)cccc32)c1)N1CCN(c2ncccn2)CC1. The molecule has 1 N–H and O–H groups in total. The fourth-order valence-corrected chi connectivity index (χ4v) is 4.38. The van der Waals surface area contributed by atoms with E-state index in [1.165, 1.54) is 16.7 Å². The molecule has 1 aliphatic heterocycles. The maximum Gasteiger partial charge on any atom is 0.329 e. The average Bonchev–Trinajstić information content (AvgIpc) is 2.87. The van der Waals surface area contributed by atoms with E-state index in [1.807, 2.05) is 4.90 Å². The first-order chi connectivity index (χ1) is 16.9. The second-order valence-corrected chi connectivity index (χ2v) is 8.52. The topological polar surface area (TPSA) is 104 Å². The molecule has 4 aromatic rings. The monoisotopic (exact) mass is 494 g/mol. The quantitative estimate of drug-likeness (QED) is 0.467. The van der Waals surface area contributed by atoms with E-state index < -0.39 is 17.1 Å². The largest absolute Gasteiger partial charge is 0.337 e. The lowest BCUT2D eigenvalue weighted by Gasteiger charge is -2.34. The van der Waals surface area contributed by atoms with Crippen LogP contribution in [0.25, 0.3) is 10.9 Å². The minimum Gasteiger partial charge on any atom is -0.337 e. The van der Waals surface area contributed by atoms with E-state index >= 15 is 0 Å². The Morgan fingerprint density at radius 2 is 1.77 bits per heavy atom. The molecule has 11 heteroatoms. The van der Waals surface area contributed by atoms with Gasteiger partial charge in [0.1, 0.15) is 5.82 Å². The highest BCUT2D eigenvalue weighted by Crippen LogP contribution is 2.22. The van der Waals surface area contributed by atoms with Gasteiger partial charge in [-0.25, -0.2) is 19.2 Å². The molecule has 1 aliphatic rings. The van der Waals surface area contributed by atoms with Crippen LogP contribution in [-0.2, 0) is 6.54 Å². The van der Waals surface area contributed by atoms with Gasteiger partial charge in [-0.15, -0.1) is 0 Å². The van der Waals surface area contributed by atoms with Crippen LogP contribution in [0.5, 0.6) is 0 Å². The second-order valence-electron chi connectivity index (χ2n) is 8.11. The smallest absolute Gasteiger partial charge is 0.329 e. The van der Waals surface area contributed by atoms with Crippen LogP contribution in [0, 0.1) is 5.82 Å². The molecule has 0 bridgehead atoms. The highest BCUT2D eigenvalue weighted by atomic mass is 35.5. The number of rotatable bonds is 4. The van der Waals surface area contributed by atoms with Gasteiger partial charge >= 0.3 is 5.69 Å². The predicted octanol–water partition coefficient (Wildman–Crippen LogP) is 2.28. The van der Waals surface area contributed by atoms with Crippen LogP contribution in [0.15, 0.2) is 64.4 Å². The predicted molar refractivity (Wildman–Crippen MR) is 129 cm³/mol. The highest BCUT2D eigenvalue weighted by molar-refractivity contribution is 6.31. The Bertz CT molecular complexity index is 1530. The minimum atomic E-state index is -0.797. The summed E-state index contributed by atoms with van der Waals surface area (Å²) in [4.78, 5) is 52.3. The molecular formula is C24H20ClFN6O3. The Labute approximate surface area is 203 Å². The number of aromatic nitrogens is 4.